The van der Waals surface area contributed by atoms with Crippen molar-refractivity contribution >= 4 is 69.4 Å². The van der Waals surface area contributed by atoms with Crippen LogP contribution in [-0.2, 0) is 9.59 Å². The van der Waals surface area contributed by atoms with E-state index < -0.39 is 11.8 Å². The number of hydrazine groups is 1. The van der Waals surface area contributed by atoms with Crippen LogP contribution in [0.5, 0.6) is 11.5 Å². The van der Waals surface area contributed by atoms with Crippen LogP contribution in [-0.4, -0.2) is 40.3 Å². The quantitative estimate of drug-likeness (QED) is 0.191. The predicted molar refractivity (Wildman–Crippen MR) is 171 cm³/mol. The summed E-state index contributed by atoms with van der Waals surface area (Å²) in [7, 11) is 0. The number of benzene rings is 3. The van der Waals surface area contributed by atoms with Crippen LogP contribution in [0, 0.1) is 6.92 Å². The van der Waals surface area contributed by atoms with Crippen molar-refractivity contribution in [3.63, 3.8) is 0 Å². The number of hydrogen-bond donors (Lipinski definition) is 2. The smallest absolute Gasteiger partial charge is 0.285 e. The van der Waals surface area contributed by atoms with Crippen LogP contribution >= 0.6 is 35.6 Å². The number of anilines is 1. The molecule has 0 saturated carbocycles. The van der Waals surface area contributed by atoms with Crippen LogP contribution in [0.3, 0.4) is 0 Å². The summed E-state index contributed by atoms with van der Waals surface area (Å²) in [5.41, 5.74) is 6.11. The molecular weight excluding hydrogens is 594 g/mol. The Hall–Kier alpha value is -3.86. The van der Waals surface area contributed by atoms with Gasteiger partial charge in [-0.05, 0) is 85.1 Å². The molecule has 3 aromatic carbocycles. The molecule has 218 valence electrons. The van der Waals surface area contributed by atoms with Crippen molar-refractivity contribution < 1.29 is 23.9 Å². The summed E-state index contributed by atoms with van der Waals surface area (Å²) in [6.07, 6.45) is 1.65. The molecule has 3 aromatic rings. The molecule has 11 heteroatoms. The van der Waals surface area contributed by atoms with Crippen LogP contribution in [0.15, 0.2) is 65.6 Å². The highest BCUT2D eigenvalue weighted by molar-refractivity contribution is 8.26. The summed E-state index contributed by atoms with van der Waals surface area (Å²) in [5, 5.41) is 4.21. The van der Waals surface area contributed by atoms with Crippen LogP contribution in [0.1, 0.15) is 53.7 Å². The standard InChI is InChI=1S/C31H30ClN3O5S2/c1-5-39-26-15-20(11-13-25(26)40-17-28(36)33-24-9-7-6-8-21(24)18(2)3)16-27-30(38)35(31(41)42-27)34-29(37)22-12-10-19(4)14-23(22)32/h6-16,18H,5,17H2,1-4H3,(H,33,36)(H,34,37)/b27-16+. The third-order valence-electron chi connectivity index (χ3n) is 6.16. The SMILES string of the molecule is CCOc1cc(/C=C2/SC(=S)N(NC(=O)c3ccc(C)cc3Cl)C2=O)ccc1OCC(=O)Nc1ccccc1C(C)C. The number of thioether (sulfide) groups is 1. The molecule has 42 heavy (non-hydrogen) atoms. The minimum atomic E-state index is -0.547. The van der Waals surface area contributed by atoms with Gasteiger partial charge < -0.3 is 14.8 Å². The molecule has 0 aliphatic carbocycles. The van der Waals surface area contributed by atoms with Crippen LogP contribution in [0.25, 0.3) is 6.08 Å². The third kappa shape index (κ3) is 7.50. The molecule has 0 radical (unpaired) electrons. The topological polar surface area (TPSA) is 97.0 Å². The molecule has 1 aliphatic rings. The fourth-order valence-corrected chi connectivity index (χ4v) is 5.63. The Morgan fingerprint density at radius 3 is 2.55 bits per heavy atom. The summed E-state index contributed by atoms with van der Waals surface area (Å²) in [6.45, 7) is 7.97. The van der Waals surface area contributed by atoms with Crippen molar-refractivity contribution in [3.05, 3.63) is 92.8 Å². The third-order valence-corrected chi connectivity index (χ3v) is 7.77. The summed E-state index contributed by atoms with van der Waals surface area (Å²) in [5.74, 6) is -0.265. The molecule has 0 unspecified atom stereocenters. The molecule has 4 rings (SSSR count). The summed E-state index contributed by atoms with van der Waals surface area (Å²) in [6, 6.07) is 17.8. The first kappa shape index (κ1) is 31.1. The van der Waals surface area contributed by atoms with E-state index in [4.69, 9.17) is 33.3 Å². The number of carbonyl (C=O) groups excluding carboxylic acids is 3. The van der Waals surface area contributed by atoms with Crippen molar-refractivity contribution in [3.8, 4) is 11.5 Å². The van der Waals surface area contributed by atoms with Crippen molar-refractivity contribution in [2.75, 3.05) is 18.5 Å². The van der Waals surface area contributed by atoms with Gasteiger partial charge in [0.1, 0.15) is 0 Å². The number of thiocarbonyl (C=S) groups is 1. The Bertz CT molecular complexity index is 1570. The zero-order chi connectivity index (χ0) is 30.4. The Balaban J connectivity index is 1.44. The molecule has 0 atom stereocenters. The predicted octanol–water partition coefficient (Wildman–Crippen LogP) is 6.73. The largest absolute Gasteiger partial charge is 0.490 e. The lowest BCUT2D eigenvalue weighted by Crippen LogP contribution is -2.44. The lowest BCUT2D eigenvalue weighted by Gasteiger charge is -2.16. The highest BCUT2D eigenvalue weighted by Gasteiger charge is 2.34. The molecule has 0 aromatic heterocycles. The summed E-state index contributed by atoms with van der Waals surface area (Å²) >= 11 is 12.6. The minimum absolute atomic E-state index is 0.179. The Kier molecular flexibility index (Phi) is 10.3. The monoisotopic (exact) mass is 623 g/mol. The zero-order valence-electron chi connectivity index (χ0n) is 23.5. The van der Waals surface area contributed by atoms with E-state index in [-0.39, 0.29) is 33.3 Å². The molecule has 1 fully saturated rings. The van der Waals surface area contributed by atoms with Crippen LogP contribution < -0.4 is 20.2 Å². The maximum absolute atomic E-state index is 13.1. The van der Waals surface area contributed by atoms with Gasteiger partial charge >= 0.3 is 0 Å². The highest BCUT2D eigenvalue weighted by Crippen LogP contribution is 2.34. The van der Waals surface area contributed by atoms with E-state index in [1.807, 2.05) is 38.1 Å². The van der Waals surface area contributed by atoms with E-state index in [1.54, 1.807) is 42.5 Å². The van der Waals surface area contributed by atoms with E-state index >= 15 is 0 Å². The Morgan fingerprint density at radius 1 is 1.07 bits per heavy atom. The van der Waals surface area contributed by atoms with Gasteiger partial charge in [0.05, 0.1) is 22.1 Å². The van der Waals surface area contributed by atoms with E-state index in [1.165, 1.54) is 0 Å². The fourth-order valence-electron chi connectivity index (χ4n) is 4.13. The maximum Gasteiger partial charge on any atom is 0.285 e. The van der Waals surface area contributed by atoms with Crippen molar-refractivity contribution in [1.29, 1.82) is 0 Å². The Morgan fingerprint density at radius 2 is 1.83 bits per heavy atom. The van der Waals surface area contributed by atoms with Gasteiger partial charge in [0.15, 0.2) is 22.4 Å². The zero-order valence-corrected chi connectivity index (χ0v) is 25.9. The number of nitrogens with zero attached hydrogens (tertiary/aromatic N) is 1. The van der Waals surface area contributed by atoms with Gasteiger partial charge in [-0.25, -0.2) is 0 Å². The van der Waals surface area contributed by atoms with Crippen molar-refractivity contribution in [2.24, 2.45) is 0 Å². The normalized spacial score (nSPS) is 14.0. The van der Waals surface area contributed by atoms with E-state index in [0.29, 0.717) is 28.6 Å². The van der Waals surface area contributed by atoms with Crippen LogP contribution in [0.2, 0.25) is 5.02 Å². The van der Waals surface area contributed by atoms with E-state index in [9.17, 15) is 14.4 Å². The van der Waals surface area contributed by atoms with Crippen molar-refractivity contribution in [1.82, 2.24) is 10.4 Å². The molecule has 3 amide bonds. The molecule has 0 spiro atoms. The summed E-state index contributed by atoms with van der Waals surface area (Å²) < 4.78 is 11.7. The lowest BCUT2D eigenvalue weighted by atomic mass is 10.0. The number of ether oxygens (including phenoxy) is 2. The van der Waals surface area contributed by atoms with Gasteiger partial charge in [-0.15, -0.1) is 0 Å². The Labute approximate surface area is 259 Å². The molecule has 1 saturated heterocycles. The second-order valence-electron chi connectivity index (χ2n) is 9.66. The highest BCUT2D eigenvalue weighted by atomic mass is 35.5. The van der Waals surface area contributed by atoms with Gasteiger partial charge in [0, 0.05) is 5.69 Å². The second-order valence-corrected chi connectivity index (χ2v) is 11.7. The summed E-state index contributed by atoms with van der Waals surface area (Å²) in [4.78, 5) is 38.8. The first-order valence-electron chi connectivity index (χ1n) is 13.2. The van der Waals surface area contributed by atoms with Crippen molar-refractivity contribution in [2.45, 2.75) is 33.6 Å². The minimum Gasteiger partial charge on any atom is -0.490 e. The average molecular weight is 624 g/mol. The molecular formula is C31H30ClN3O5S2. The molecule has 1 aliphatic heterocycles. The molecule has 1 heterocycles. The van der Waals surface area contributed by atoms with Gasteiger partial charge in [0.2, 0.25) is 0 Å². The van der Waals surface area contributed by atoms with E-state index in [2.05, 4.69) is 24.6 Å². The number of amides is 3. The fraction of sp³-hybridized carbons (Fsp3) is 0.226. The number of aryl methyl sites for hydroxylation is 1. The number of para-hydroxylation sites is 1. The molecule has 0 bridgehead atoms. The lowest BCUT2D eigenvalue weighted by molar-refractivity contribution is -0.123. The van der Waals surface area contributed by atoms with Gasteiger partial charge in [0.25, 0.3) is 17.7 Å². The first-order valence-corrected chi connectivity index (χ1v) is 14.8. The van der Waals surface area contributed by atoms with E-state index in [0.717, 1.165) is 33.6 Å². The molecule has 2 N–H and O–H groups in total. The number of rotatable bonds is 10. The average Bonchev–Trinajstić information content (AvgIpc) is 3.20. The first-order chi connectivity index (χ1) is 20.1. The maximum atomic E-state index is 13.1. The molecule has 8 nitrogen and oxygen atoms in total. The number of nitrogens with one attached hydrogen (secondary N) is 2. The number of halogens is 1. The van der Waals surface area contributed by atoms with Gasteiger partial charge in [-0.2, -0.15) is 5.01 Å². The van der Waals surface area contributed by atoms with Crippen LogP contribution in [0.4, 0.5) is 5.69 Å². The second kappa shape index (κ2) is 13.9. The number of carbonyl (C=O) groups is 3. The van der Waals surface area contributed by atoms with Gasteiger partial charge in [-0.1, -0.05) is 67.5 Å². The number of hydrogen-bond acceptors (Lipinski definition) is 7. The van der Waals surface area contributed by atoms with Gasteiger partial charge in [-0.3, -0.25) is 19.8 Å².